The standard InChI is InChI=1S/C22H30N6O3S/c1-3-28-20(13-16(15-24)21(29)27-10-8-23)32-19(22(28)30)7-9-25-17-5-4-6-18(14-17)26-11-12-31-2/h4-6,14,16,19-20,25-26H,3,7,9-13H2,1-2H3,(H,27,29). The molecule has 1 fully saturated rings. The van der Waals surface area contributed by atoms with Gasteiger partial charge in [0.25, 0.3) is 0 Å². The number of nitrogens with one attached hydrogen (secondary N) is 3. The average molecular weight is 459 g/mol. The topological polar surface area (TPSA) is 130 Å². The molecule has 1 aliphatic heterocycles. The largest absolute Gasteiger partial charge is 0.385 e. The zero-order valence-corrected chi connectivity index (χ0v) is 19.3. The maximum atomic E-state index is 12.8. The number of carbonyl (C=O) groups is 2. The van der Waals surface area contributed by atoms with E-state index in [9.17, 15) is 14.9 Å². The Bertz CT molecular complexity index is 853. The Balaban J connectivity index is 1.88. The van der Waals surface area contributed by atoms with Gasteiger partial charge in [-0.1, -0.05) is 6.07 Å². The Hall–Kier alpha value is -2.95. The Morgan fingerprint density at radius 3 is 2.62 bits per heavy atom. The Morgan fingerprint density at radius 2 is 2.00 bits per heavy atom. The van der Waals surface area contributed by atoms with Gasteiger partial charge in [-0.2, -0.15) is 10.5 Å². The van der Waals surface area contributed by atoms with Gasteiger partial charge in [-0.25, -0.2) is 0 Å². The van der Waals surface area contributed by atoms with Crippen molar-refractivity contribution in [3.8, 4) is 12.1 Å². The smallest absolute Gasteiger partial charge is 0.238 e. The van der Waals surface area contributed by atoms with Gasteiger partial charge in [-0.05, 0) is 31.5 Å². The van der Waals surface area contributed by atoms with E-state index >= 15 is 0 Å². The second-order valence-corrected chi connectivity index (χ2v) is 8.60. The van der Waals surface area contributed by atoms with E-state index in [1.165, 1.54) is 11.8 Å². The van der Waals surface area contributed by atoms with Crippen LogP contribution in [0.1, 0.15) is 19.8 Å². The summed E-state index contributed by atoms with van der Waals surface area (Å²) in [4.78, 5) is 26.7. The molecule has 1 aromatic carbocycles. The SMILES string of the molecule is CCN1C(=O)C(CCNc2cccc(NCCOC)c2)SC1CC(C#N)C(=O)NCC#N. The van der Waals surface area contributed by atoms with Crippen molar-refractivity contribution in [3.63, 3.8) is 0 Å². The summed E-state index contributed by atoms with van der Waals surface area (Å²) in [6.07, 6.45) is 0.882. The lowest BCUT2D eigenvalue weighted by molar-refractivity contribution is -0.131. The van der Waals surface area contributed by atoms with Crippen LogP contribution in [0.3, 0.4) is 0 Å². The van der Waals surface area contributed by atoms with Crippen LogP contribution in [0.4, 0.5) is 11.4 Å². The minimum absolute atomic E-state index is 0.0356. The Kier molecular flexibility index (Phi) is 10.6. The zero-order chi connectivity index (χ0) is 23.3. The van der Waals surface area contributed by atoms with Gasteiger partial charge in [0.2, 0.25) is 11.8 Å². The molecule has 2 amide bonds. The number of nitriles is 2. The second kappa shape index (κ2) is 13.5. The van der Waals surface area contributed by atoms with Crippen molar-refractivity contribution in [2.75, 3.05) is 50.5 Å². The van der Waals surface area contributed by atoms with Gasteiger partial charge >= 0.3 is 0 Å². The van der Waals surface area contributed by atoms with Crippen LogP contribution >= 0.6 is 11.8 Å². The molecule has 1 aliphatic rings. The van der Waals surface area contributed by atoms with Gasteiger partial charge < -0.3 is 25.6 Å². The molecule has 0 radical (unpaired) electrons. The van der Waals surface area contributed by atoms with Crippen molar-refractivity contribution < 1.29 is 14.3 Å². The lowest BCUT2D eigenvalue weighted by Gasteiger charge is -2.23. The number of hydrogen-bond acceptors (Lipinski definition) is 8. The fraction of sp³-hybridized carbons (Fsp3) is 0.545. The molecule has 3 unspecified atom stereocenters. The molecule has 3 N–H and O–H groups in total. The number of anilines is 2. The van der Waals surface area contributed by atoms with E-state index in [1.54, 1.807) is 12.0 Å². The monoisotopic (exact) mass is 458 g/mol. The fourth-order valence-corrected chi connectivity index (χ4v) is 5.02. The van der Waals surface area contributed by atoms with Gasteiger partial charge in [0.1, 0.15) is 12.5 Å². The number of rotatable bonds is 13. The summed E-state index contributed by atoms with van der Waals surface area (Å²) in [5.41, 5.74) is 1.96. The number of thioether (sulfide) groups is 1. The lowest BCUT2D eigenvalue weighted by atomic mass is 10.1. The third kappa shape index (κ3) is 7.33. The van der Waals surface area contributed by atoms with Crippen LogP contribution in [0.5, 0.6) is 0 Å². The molecule has 0 spiro atoms. The molecular formula is C22H30N6O3S. The predicted octanol–water partition coefficient (Wildman–Crippen LogP) is 2.01. The molecule has 1 heterocycles. The van der Waals surface area contributed by atoms with Gasteiger partial charge in [-0.15, -0.1) is 11.8 Å². The fourth-order valence-electron chi connectivity index (χ4n) is 3.44. The van der Waals surface area contributed by atoms with E-state index < -0.39 is 11.8 Å². The highest BCUT2D eigenvalue weighted by molar-refractivity contribution is 8.01. The number of methoxy groups -OCH3 is 1. The Morgan fingerprint density at radius 1 is 1.28 bits per heavy atom. The molecule has 9 nitrogen and oxygen atoms in total. The summed E-state index contributed by atoms with van der Waals surface area (Å²) >= 11 is 1.50. The lowest BCUT2D eigenvalue weighted by Crippen LogP contribution is -2.38. The molecule has 2 rings (SSSR count). The summed E-state index contributed by atoms with van der Waals surface area (Å²) < 4.78 is 5.04. The minimum Gasteiger partial charge on any atom is -0.385 e. The first-order chi connectivity index (χ1) is 15.5. The van der Waals surface area contributed by atoms with Crippen LogP contribution in [0.25, 0.3) is 0 Å². The van der Waals surface area contributed by atoms with E-state index in [4.69, 9.17) is 10.00 Å². The van der Waals surface area contributed by atoms with Crippen LogP contribution in [0.2, 0.25) is 0 Å². The second-order valence-electron chi connectivity index (χ2n) is 7.21. The molecule has 0 aromatic heterocycles. The highest BCUT2D eigenvalue weighted by Gasteiger charge is 2.40. The normalized spacial score (nSPS) is 18.5. The minimum atomic E-state index is -0.895. The summed E-state index contributed by atoms with van der Waals surface area (Å²) in [5.74, 6) is -1.33. The first-order valence-corrected chi connectivity index (χ1v) is 11.5. The maximum absolute atomic E-state index is 12.8. The van der Waals surface area contributed by atoms with Crippen LogP contribution in [0, 0.1) is 28.6 Å². The molecule has 3 atom stereocenters. The zero-order valence-electron chi connectivity index (χ0n) is 18.5. The van der Waals surface area contributed by atoms with Crippen molar-refractivity contribution in [2.45, 2.75) is 30.4 Å². The van der Waals surface area contributed by atoms with E-state index in [1.807, 2.05) is 43.3 Å². The van der Waals surface area contributed by atoms with Gasteiger partial charge in [-0.3, -0.25) is 9.59 Å². The maximum Gasteiger partial charge on any atom is 0.238 e. The van der Waals surface area contributed by atoms with Crippen molar-refractivity contribution >= 4 is 35.0 Å². The highest BCUT2D eigenvalue weighted by Crippen LogP contribution is 2.36. The van der Waals surface area contributed by atoms with E-state index in [0.717, 1.165) is 17.9 Å². The number of hydrogen-bond donors (Lipinski definition) is 3. The summed E-state index contributed by atoms with van der Waals surface area (Å²) in [6.45, 7) is 4.25. The van der Waals surface area contributed by atoms with Crippen LogP contribution in [-0.2, 0) is 14.3 Å². The third-order valence-corrected chi connectivity index (χ3v) is 6.58. The van der Waals surface area contributed by atoms with Gasteiger partial charge in [0, 0.05) is 44.5 Å². The summed E-state index contributed by atoms with van der Waals surface area (Å²) in [6, 6.07) is 11.8. The Labute approximate surface area is 193 Å². The van der Waals surface area contributed by atoms with Gasteiger partial charge in [0.05, 0.1) is 29.4 Å². The molecule has 1 aromatic rings. The van der Waals surface area contributed by atoms with Crippen LogP contribution in [0.15, 0.2) is 24.3 Å². The number of ether oxygens (including phenoxy) is 1. The number of nitrogens with zero attached hydrogens (tertiary/aromatic N) is 3. The first-order valence-electron chi connectivity index (χ1n) is 10.6. The summed E-state index contributed by atoms with van der Waals surface area (Å²) in [7, 11) is 1.66. The molecule has 0 saturated carbocycles. The van der Waals surface area contributed by atoms with Crippen molar-refractivity contribution in [2.24, 2.45) is 5.92 Å². The summed E-state index contributed by atoms with van der Waals surface area (Å²) in [5, 5.41) is 26.6. The van der Waals surface area contributed by atoms with E-state index in [2.05, 4.69) is 16.0 Å². The van der Waals surface area contributed by atoms with Gasteiger partial charge in [0.15, 0.2) is 0 Å². The quantitative estimate of drug-likeness (QED) is 0.302. The number of amides is 2. The first kappa shape index (κ1) is 25.3. The van der Waals surface area contributed by atoms with Crippen LogP contribution in [-0.4, -0.2) is 67.2 Å². The van der Waals surface area contributed by atoms with Crippen LogP contribution < -0.4 is 16.0 Å². The molecule has 32 heavy (non-hydrogen) atoms. The van der Waals surface area contributed by atoms with Crippen molar-refractivity contribution in [1.29, 1.82) is 10.5 Å². The molecule has 10 heteroatoms. The number of carbonyl (C=O) groups excluding carboxylic acids is 2. The molecule has 1 saturated heterocycles. The third-order valence-electron chi connectivity index (χ3n) is 5.05. The average Bonchev–Trinajstić information content (AvgIpc) is 3.10. The van der Waals surface area contributed by atoms with E-state index in [-0.39, 0.29) is 29.5 Å². The van der Waals surface area contributed by atoms with Crippen molar-refractivity contribution in [1.82, 2.24) is 10.2 Å². The molecule has 0 aliphatic carbocycles. The predicted molar refractivity (Wildman–Crippen MR) is 125 cm³/mol. The van der Waals surface area contributed by atoms with E-state index in [0.29, 0.717) is 26.1 Å². The van der Waals surface area contributed by atoms with Crippen molar-refractivity contribution in [3.05, 3.63) is 24.3 Å². The number of benzene rings is 1. The molecule has 172 valence electrons. The molecule has 0 bridgehead atoms. The highest BCUT2D eigenvalue weighted by atomic mass is 32.2. The molecular weight excluding hydrogens is 428 g/mol.